The van der Waals surface area contributed by atoms with Crippen molar-refractivity contribution in [3.8, 4) is 0 Å². The van der Waals surface area contributed by atoms with E-state index < -0.39 is 0 Å². The van der Waals surface area contributed by atoms with Crippen LogP contribution in [0, 0.1) is 0 Å². The third-order valence-electron chi connectivity index (χ3n) is 3.94. The molecule has 126 valence electrons. The summed E-state index contributed by atoms with van der Waals surface area (Å²) in [5.41, 5.74) is 2.13. The van der Waals surface area contributed by atoms with Gasteiger partial charge in [0.05, 0.1) is 19.6 Å². The normalized spacial score (nSPS) is 16.2. The first kappa shape index (κ1) is 16.5. The van der Waals surface area contributed by atoms with Crippen LogP contribution in [0.15, 0.2) is 41.8 Å². The fourth-order valence-corrected chi connectivity index (χ4v) is 3.57. The minimum atomic E-state index is -0.330. The topological polar surface area (TPSA) is 58.6 Å². The molecule has 24 heavy (non-hydrogen) atoms. The number of hydrogen-bond acceptors (Lipinski definition) is 5. The number of para-hydroxylation sites is 1. The van der Waals surface area contributed by atoms with Gasteiger partial charge in [-0.05, 0) is 30.0 Å². The fourth-order valence-electron chi connectivity index (χ4n) is 2.79. The van der Waals surface area contributed by atoms with Crippen molar-refractivity contribution in [1.82, 2.24) is 4.90 Å². The molecule has 1 N–H and O–H groups in total. The monoisotopic (exact) mass is 344 g/mol. The Labute approximate surface area is 145 Å². The van der Waals surface area contributed by atoms with Gasteiger partial charge in [0, 0.05) is 17.0 Å². The molecule has 3 rings (SSSR count). The van der Waals surface area contributed by atoms with Gasteiger partial charge in [0.15, 0.2) is 0 Å². The van der Waals surface area contributed by atoms with Gasteiger partial charge < -0.3 is 15.0 Å². The molecule has 2 heterocycles. The van der Waals surface area contributed by atoms with Crippen LogP contribution in [0.2, 0.25) is 0 Å². The number of carbonyl (C=O) groups is 2. The molecular formula is C18H20N2O3S. The number of carbonyl (C=O) groups excluding carboxylic acids is 2. The zero-order valence-electron chi connectivity index (χ0n) is 13.5. The third kappa shape index (κ3) is 3.59. The predicted molar refractivity (Wildman–Crippen MR) is 93.5 cm³/mol. The van der Waals surface area contributed by atoms with Gasteiger partial charge in [-0.2, -0.15) is 0 Å². The largest absolute Gasteiger partial charge is 0.466 e. The molecule has 1 atom stereocenters. The number of rotatable bonds is 5. The lowest BCUT2D eigenvalue weighted by Crippen LogP contribution is -2.41. The summed E-state index contributed by atoms with van der Waals surface area (Å²) < 4.78 is 4.91. The standard InChI is InChI=1S/C18H20N2O3S/c1-2-23-17(22)10-9-16(21)20-12-13-6-3-4-7-14(13)19-18(20)15-8-5-11-24-15/h3-8,11,18-19H,2,9-10,12H2,1H3/t18-/m0/s1. The molecule has 0 fully saturated rings. The molecule has 1 amide bonds. The van der Waals surface area contributed by atoms with Crippen LogP contribution in [0.25, 0.3) is 0 Å². The van der Waals surface area contributed by atoms with E-state index in [0.29, 0.717) is 13.2 Å². The van der Waals surface area contributed by atoms with Gasteiger partial charge in [0.25, 0.3) is 0 Å². The molecule has 0 saturated carbocycles. The van der Waals surface area contributed by atoms with Crippen LogP contribution in [-0.4, -0.2) is 23.4 Å². The minimum Gasteiger partial charge on any atom is -0.466 e. The van der Waals surface area contributed by atoms with Crippen LogP contribution < -0.4 is 5.32 Å². The predicted octanol–water partition coefficient (Wildman–Crippen LogP) is 3.54. The van der Waals surface area contributed by atoms with Gasteiger partial charge >= 0.3 is 5.97 Å². The summed E-state index contributed by atoms with van der Waals surface area (Å²) in [5.74, 6) is -0.382. The SMILES string of the molecule is CCOC(=O)CCC(=O)N1Cc2ccccc2N[C@@H]1c1cccs1. The van der Waals surface area contributed by atoms with Crippen LogP contribution in [-0.2, 0) is 20.9 Å². The second-order valence-electron chi connectivity index (χ2n) is 5.55. The van der Waals surface area contributed by atoms with Crippen LogP contribution in [0.4, 0.5) is 5.69 Å². The van der Waals surface area contributed by atoms with E-state index in [9.17, 15) is 9.59 Å². The average molecular weight is 344 g/mol. The van der Waals surface area contributed by atoms with Crippen molar-refractivity contribution in [1.29, 1.82) is 0 Å². The lowest BCUT2D eigenvalue weighted by atomic mass is 10.1. The molecule has 1 aromatic heterocycles. The molecular weight excluding hydrogens is 324 g/mol. The Bertz CT molecular complexity index is 715. The Morgan fingerprint density at radius 2 is 2.08 bits per heavy atom. The third-order valence-corrected chi connectivity index (χ3v) is 4.87. The number of nitrogens with zero attached hydrogens (tertiary/aromatic N) is 1. The van der Waals surface area contributed by atoms with Crippen molar-refractivity contribution in [2.45, 2.75) is 32.5 Å². The zero-order chi connectivity index (χ0) is 16.9. The van der Waals surface area contributed by atoms with Crippen LogP contribution >= 0.6 is 11.3 Å². The Morgan fingerprint density at radius 1 is 1.25 bits per heavy atom. The lowest BCUT2D eigenvalue weighted by molar-refractivity contribution is -0.146. The quantitative estimate of drug-likeness (QED) is 0.843. The Hall–Kier alpha value is -2.34. The highest BCUT2D eigenvalue weighted by Crippen LogP contribution is 2.35. The Balaban J connectivity index is 1.78. The minimum absolute atomic E-state index is 0.0524. The first-order valence-corrected chi connectivity index (χ1v) is 8.90. The number of anilines is 1. The second-order valence-corrected chi connectivity index (χ2v) is 6.53. The lowest BCUT2D eigenvalue weighted by Gasteiger charge is -2.37. The molecule has 0 aliphatic carbocycles. The Kier molecular flexibility index (Phi) is 5.15. The molecule has 0 bridgehead atoms. The maximum Gasteiger partial charge on any atom is 0.306 e. The van der Waals surface area contributed by atoms with Crippen molar-refractivity contribution < 1.29 is 14.3 Å². The molecule has 0 radical (unpaired) electrons. The fraction of sp³-hybridized carbons (Fsp3) is 0.333. The smallest absolute Gasteiger partial charge is 0.306 e. The van der Waals surface area contributed by atoms with Crippen molar-refractivity contribution >= 4 is 28.9 Å². The molecule has 1 aliphatic heterocycles. The van der Waals surface area contributed by atoms with Gasteiger partial charge in [-0.15, -0.1) is 11.3 Å². The van der Waals surface area contributed by atoms with E-state index in [-0.39, 0.29) is 30.9 Å². The van der Waals surface area contributed by atoms with Crippen molar-refractivity contribution in [3.05, 3.63) is 52.2 Å². The van der Waals surface area contributed by atoms with E-state index in [1.165, 1.54) is 0 Å². The molecule has 6 heteroatoms. The van der Waals surface area contributed by atoms with Gasteiger partial charge in [0.1, 0.15) is 6.17 Å². The molecule has 1 aliphatic rings. The molecule has 2 aromatic rings. The van der Waals surface area contributed by atoms with E-state index >= 15 is 0 Å². The van der Waals surface area contributed by atoms with Gasteiger partial charge in [-0.1, -0.05) is 24.3 Å². The highest BCUT2D eigenvalue weighted by molar-refractivity contribution is 7.10. The number of benzene rings is 1. The zero-order valence-corrected chi connectivity index (χ0v) is 14.3. The molecule has 0 spiro atoms. The average Bonchev–Trinajstić information content (AvgIpc) is 3.13. The number of nitrogens with one attached hydrogen (secondary N) is 1. The molecule has 0 saturated heterocycles. The summed E-state index contributed by atoms with van der Waals surface area (Å²) in [6.07, 6.45) is 0.0709. The van der Waals surface area contributed by atoms with Crippen molar-refractivity contribution in [2.24, 2.45) is 0 Å². The van der Waals surface area contributed by atoms with Gasteiger partial charge in [-0.3, -0.25) is 9.59 Å². The number of esters is 1. The Morgan fingerprint density at radius 3 is 2.83 bits per heavy atom. The van der Waals surface area contributed by atoms with Gasteiger partial charge in [0.2, 0.25) is 5.91 Å². The first-order valence-electron chi connectivity index (χ1n) is 8.02. The number of hydrogen-bond donors (Lipinski definition) is 1. The number of amides is 1. The van der Waals surface area contributed by atoms with E-state index in [4.69, 9.17) is 4.74 Å². The van der Waals surface area contributed by atoms with E-state index in [0.717, 1.165) is 16.1 Å². The summed E-state index contributed by atoms with van der Waals surface area (Å²) in [7, 11) is 0. The first-order chi connectivity index (χ1) is 11.7. The number of fused-ring (bicyclic) bond motifs is 1. The van der Waals surface area contributed by atoms with Gasteiger partial charge in [-0.25, -0.2) is 0 Å². The highest BCUT2D eigenvalue weighted by Gasteiger charge is 2.30. The molecule has 5 nitrogen and oxygen atoms in total. The van der Waals surface area contributed by atoms with Crippen LogP contribution in [0.3, 0.4) is 0 Å². The molecule has 1 aromatic carbocycles. The summed E-state index contributed by atoms with van der Waals surface area (Å²) in [6, 6.07) is 12.0. The van der Waals surface area contributed by atoms with Crippen molar-refractivity contribution in [3.63, 3.8) is 0 Å². The van der Waals surface area contributed by atoms with E-state index in [1.54, 1.807) is 23.2 Å². The van der Waals surface area contributed by atoms with Crippen molar-refractivity contribution in [2.75, 3.05) is 11.9 Å². The maximum atomic E-state index is 12.7. The van der Waals surface area contributed by atoms with E-state index in [1.807, 2.05) is 41.8 Å². The maximum absolute atomic E-state index is 12.7. The summed E-state index contributed by atoms with van der Waals surface area (Å²) in [4.78, 5) is 27.1. The van der Waals surface area contributed by atoms with Crippen LogP contribution in [0.1, 0.15) is 36.4 Å². The second kappa shape index (κ2) is 7.49. The number of ether oxygens (including phenoxy) is 1. The summed E-state index contributed by atoms with van der Waals surface area (Å²) in [5, 5.41) is 5.44. The summed E-state index contributed by atoms with van der Waals surface area (Å²) >= 11 is 1.61. The van der Waals surface area contributed by atoms with Crippen LogP contribution in [0.5, 0.6) is 0 Å². The number of thiophene rings is 1. The highest BCUT2D eigenvalue weighted by atomic mass is 32.1. The molecule has 0 unspecified atom stereocenters. The van der Waals surface area contributed by atoms with E-state index in [2.05, 4.69) is 5.32 Å². The summed E-state index contributed by atoms with van der Waals surface area (Å²) in [6.45, 7) is 2.63.